The van der Waals surface area contributed by atoms with E-state index in [2.05, 4.69) is 21.9 Å². The number of rotatable bonds is 4. The number of halogens is 3. The fourth-order valence-electron chi connectivity index (χ4n) is 3.37. The van der Waals surface area contributed by atoms with Crippen molar-refractivity contribution >= 4 is 0 Å². The van der Waals surface area contributed by atoms with Crippen molar-refractivity contribution in [3.63, 3.8) is 0 Å². The SMILES string of the molecule is CCC1CN(CCOC(F)(F)F)C2(CCCC2)CN1. The van der Waals surface area contributed by atoms with Gasteiger partial charge in [0.15, 0.2) is 0 Å². The largest absolute Gasteiger partial charge is 0.522 e. The number of hydrogen-bond donors (Lipinski definition) is 1. The summed E-state index contributed by atoms with van der Waals surface area (Å²) in [6, 6.07) is 0.386. The van der Waals surface area contributed by atoms with Crippen molar-refractivity contribution < 1.29 is 17.9 Å². The van der Waals surface area contributed by atoms with Gasteiger partial charge in [0.2, 0.25) is 0 Å². The Morgan fingerprint density at radius 1 is 1.32 bits per heavy atom. The highest BCUT2D eigenvalue weighted by atomic mass is 19.4. The van der Waals surface area contributed by atoms with E-state index in [-0.39, 0.29) is 12.1 Å². The maximum atomic E-state index is 12.1. The second kappa shape index (κ2) is 5.97. The zero-order chi connectivity index (χ0) is 13.9. The van der Waals surface area contributed by atoms with E-state index < -0.39 is 6.36 Å². The lowest BCUT2D eigenvalue weighted by molar-refractivity contribution is -0.325. The van der Waals surface area contributed by atoms with Gasteiger partial charge in [-0.25, -0.2) is 0 Å². The smallest absolute Gasteiger partial charge is 0.311 e. The predicted molar refractivity (Wildman–Crippen MR) is 66.9 cm³/mol. The molecule has 2 aliphatic rings. The molecule has 1 saturated heterocycles. The maximum absolute atomic E-state index is 12.1. The Morgan fingerprint density at radius 3 is 2.58 bits per heavy atom. The van der Waals surface area contributed by atoms with Crippen LogP contribution in [-0.4, -0.2) is 49.1 Å². The average Bonchev–Trinajstić information content (AvgIpc) is 2.80. The van der Waals surface area contributed by atoms with E-state index in [1.54, 1.807) is 0 Å². The zero-order valence-electron chi connectivity index (χ0n) is 11.4. The van der Waals surface area contributed by atoms with Crippen LogP contribution in [0.2, 0.25) is 0 Å². The van der Waals surface area contributed by atoms with Crippen molar-refractivity contribution in [2.45, 2.75) is 57.0 Å². The maximum Gasteiger partial charge on any atom is 0.522 e. The summed E-state index contributed by atoms with van der Waals surface area (Å²) in [6.07, 6.45) is 1.02. The summed E-state index contributed by atoms with van der Waals surface area (Å²) in [5.74, 6) is 0. The molecular formula is C13H23F3N2O. The minimum atomic E-state index is -4.51. The third-order valence-corrected chi connectivity index (χ3v) is 4.49. The van der Waals surface area contributed by atoms with Gasteiger partial charge in [-0.15, -0.1) is 13.2 Å². The van der Waals surface area contributed by atoms with Crippen LogP contribution in [0.15, 0.2) is 0 Å². The number of nitrogens with one attached hydrogen (secondary N) is 1. The standard InChI is InChI=1S/C13H23F3N2O/c1-2-11-9-18(7-8-19-13(14,15)16)12(10-17-11)5-3-4-6-12/h11,17H,2-10H2,1H3. The molecule has 112 valence electrons. The molecule has 2 fully saturated rings. The normalized spacial score (nSPS) is 28.1. The van der Waals surface area contributed by atoms with Gasteiger partial charge < -0.3 is 5.32 Å². The van der Waals surface area contributed by atoms with Crippen LogP contribution in [0.1, 0.15) is 39.0 Å². The molecule has 1 unspecified atom stereocenters. The first-order valence-corrected chi connectivity index (χ1v) is 7.14. The lowest BCUT2D eigenvalue weighted by Crippen LogP contribution is -2.64. The van der Waals surface area contributed by atoms with Gasteiger partial charge >= 0.3 is 6.36 Å². The van der Waals surface area contributed by atoms with E-state index in [1.807, 2.05) is 0 Å². The second-order valence-electron chi connectivity index (χ2n) is 5.66. The zero-order valence-corrected chi connectivity index (χ0v) is 11.4. The van der Waals surface area contributed by atoms with Crippen molar-refractivity contribution in [1.82, 2.24) is 10.2 Å². The van der Waals surface area contributed by atoms with Crippen LogP contribution in [0.25, 0.3) is 0 Å². The Bertz CT molecular complexity index is 290. The summed E-state index contributed by atoms with van der Waals surface area (Å²) < 4.78 is 40.1. The quantitative estimate of drug-likeness (QED) is 0.856. The molecule has 3 nitrogen and oxygen atoms in total. The van der Waals surface area contributed by atoms with Crippen molar-refractivity contribution in [2.24, 2.45) is 0 Å². The lowest BCUT2D eigenvalue weighted by Gasteiger charge is -2.48. The van der Waals surface area contributed by atoms with Gasteiger partial charge in [-0.2, -0.15) is 0 Å². The third-order valence-electron chi connectivity index (χ3n) is 4.49. The van der Waals surface area contributed by atoms with E-state index in [4.69, 9.17) is 0 Å². The van der Waals surface area contributed by atoms with Crippen LogP contribution < -0.4 is 5.32 Å². The van der Waals surface area contributed by atoms with E-state index in [9.17, 15) is 13.2 Å². The molecule has 1 saturated carbocycles. The number of alkyl halides is 3. The molecule has 2 rings (SSSR count). The molecule has 1 aliphatic heterocycles. The van der Waals surface area contributed by atoms with E-state index in [0.29, 0.717) is 12.6 Å². The summed E-state index contributed by atoms with van der Waals surface area (Å²) in [5.41, 5.74) is 0.0701. The summed E-state index contributed by atoms with van der Waals surface area (Å²) >= 11 is 0. The van der Waals surface area contributed by atoms with Crippen LogP contribution in [0.5, 0.6) is 0 Å². The molecule has 0 amide bonds. The van der Waals surface area contributed by atoms with Crippen molar-refractivity contribution in [3.05, 3.63) is 0 Å². The monoisotopic (exact) mass is 280 g/mol. The van der Waals surface area contributed by atoms with Gasteiger partial charge in [0.05, 0.1) is 6.61 Å². The molecule has 0 aromatic carbocycles. The van der Waals surface area contributed by atoms with Gasteiger partial charge in [-0.05, 0) is 19.3 Å². The molecule has 0 bridgehead atoms. The second-order valence-corrected chi connectivity index (χ2v) is 5.66. The number of nitrogens with zero attached hydrogens (tertiary/aromatic N) is 1. The molecule has 0 aromatic rings. The fourth-order valence-corrected chi connectivity index (χ4v) is 3.37. The fraction of sp³-hybridized carbons (Fsp3) is 1.00. The summed E-state index contributed by atoms with van der Waals surface area (Å²) in [7, 11) is 0. The van der Waals surface area contributed by atoms with Crippen molar-refractivity contribution in [3.8, 4) is 0 Å². The topological polar surface area (TPSA) is 24.5 Å². The summed E-state index contributed by atoms with van der Waals surface area (Å²) in [4.78, 5) is 2.23. The van der Waals surface area contributed by atoms with Gasteiger partial charge in [-0.1, -0.05) is 19.8 Å². The summed E-state index contributed by atoms with van der Waals surface area (Å²) in [6.45, 7) is 3.95. The van der Waals surface area contributed by atoms with Crippen LogP contribution in [-0.2, 0) is 4.74 Å². The summed E-state index contributed by atoms with van der Waals surface area (Å²) in [5, 5.41) is 3.53. The number of ether oxygens (including phenoxy) is 1. The van der Waals surface area contributed by atoms with Crippen LogP contribution in [0.3, 0.4) is 0 Å². The third kappa shape index (κ3) is 3.83. The first kappa shape index (κ1) is 15.1. The van der Waals surface area contributed by atoms with Crippen LogP contribution in [0, 0.1) is 0 Å². The van der Waals surface area contributed by atoms with Gasteiger partial charge in [-0.3, -0.25) is 9.64 Å². The number of piperazine rings is 1. The molecule has 1 heterocycles. The van der Waals surface area contributed by atoms with Gasteiger partial charge in [0.1, 0.15) is 0 Å². The Morgan fingerprint density at radius 2 is 2.00 bits per heavy atom. The van der Waals surface area contributed by atoms with Crippen molar-refractivity contribution in [2.75, 3.05) is 26.2 Å². The number of hydrogen-bond acceptors (Lipinski definition) is 3. The molecule has 6 heteroatoms. The molecule has 1 atom stereocenters. The Hall–Kier alpha value is -0.330. The average molecular weight is 280 g/mol. The first-order valence-electron chi connectivity index (χ1n) is 7.14. The van der Waals surface area contributed by atoms with E-state index >= 15 is 0 Å². The highest BCUT2D eigenvalue weighted by Gasteiger charge is 2.43. The predicted octanol–water partition coefficient (Wildman–Crippen LogP) is 2.52. The van der Waals surface area contributed by atoms with Crippen LogP contribution >= 0.6 is 0 Å². The Labute approximate surface area is 112 Å². The molecule has 0 radical (unpaired) electrons. The Kier molecular flexibility index (Phi) is 4.74. The molecule has 1 N–H and O–H groups in total. The lowest BCUT2D eigenvalue weighted by atomic mass is 9.90. The minimum Gasteiger partial charge on any atom is -0.311 e. The molecule has 0 aromatic heterocycles. The molecular weight excluding hydrogens is 257 g/mol. The Balaban J connectivity index is 1.92. The van der Waals surface area contributed by atoms with E-state index in [1.165, 1.54) is 12.8 Å². The molecule has 19 heavy (non-hydrogen) atoms. The van der Waals surface area contributed by atoms with E-state index in [0.717, 1.165) is 32.4 Å². The van der Waals surface area contributed by atoms with Gasteiger partial charge in [0, 0.05) is 31.2 Å². The molecule has 1 aliphatic carbocycles. The molecule has 1 spiro atoms. The minimum absolute atomic E-state index is 0.0701. The van der Waals surface area contributed by atoms with Crippen LogP contribution in [0.4, 0.5) is 13.2 Å². The first-order chi connectivity index (χ1) is 8.95. The highest BCUT2D eigenvalue weighted by Crippen LogP contribution is 2.37. The van der Waals surface area contributed by atoms with Crippen molar-refractivity contribution in [1.29, 1.82) is 0 Å². The highest BCUT2D eigenvalue weighted by molar-refractivity contribution is 5.01. The van der Waals surface area contributed by atoms with Gasteiger partial charge in [0.25, 0.3) is 0 Å².